The van der Waals surface area contributed by atoms with Crippen LogP contribution >= 0.6 is 0 Å². The van der Waals surface area contributed by atoms with Crippen molar-refractivity contribution in [2.24, 2.45) is 12.5 Å². The fraction of sp³-hybridized carbons (Fsp3) is 0.281. The van der Waals surface area contributed by atoms with E-state index >= 15 is 0 Å². The number of aromatic nitrogens is 1. The normalized spacial score (nSPS) is 15.6. The average molecular weight is 438 g/mol. The van der Waals surface area contributed by atoms with Crippen molar-refractivity contribution in [2.45, 2.75) is 47.3 Å². The monoisotopic (exact) mass is 437 g/mol. The highest BCUT2D eigenvalue weighted by atomic mass is 14.9. The third kappa shape index (κ3) is 3.91. The van der Waals surface area contributed by atoms with Crippen LogP contribution in [0.25, 0.3) is 33.5 Å². The summed E-state index contributed by atoms with van der Waals surface area (Å²) in [5.41, 5.74) is 9.72. The van der Waals surface area contributed by atoms with Crippen molar-refractivity contribution in [1.82, 2.24) is 0 Å². The van der Waals surface area contributed by atoms with Crippen LogP contribution in [0.5, 0.6) is 0 Å². The molecule has 0 unspecified atom stereocenters. The number of aryl methyl sites for hydroxylation is 2. The van der Waals surface area contributed by atoms with E-state index in [1.54, 1.807) is 12.3 Å². The molecule has 0 N–H and O–H groups in total. The first kappa shape index (κ1) is 16.4. The lowest BCUT2D eigenvalue weighted by atomic mass is 9.85. The summed E-state index contributed by atoms with van der Waals surface area (Å²) in [7, 11) is 1.85. The molecule has 1 heteroatoms. The zero-order valence-corrected chi connectivity index (χ0v) is 20.1. The van der Waals surface area contributed by atoms with Crippen molar-refractivity contribution in [3.05, 3.63) is 101 Å². The maximum atomic E-state index is 9.02. The van der Waals surface area contributed by atoms with Gasteiger partial charge in [-0.05, 0) is 82.6 Å². The molecule has 0 radical (unpaired) electrons. The molecule has 0 atom stereocenters. The Bertz CT molecular complexity index is 1540. The molecule has 0 bridgehead atoms. The van der Waals surface area contributed by atoms with E-state index in [1.807, 2.05) is 50.6 Å². The van der Waals surface area contributed by atoms with Crippen LogP contribution in [-0.4, -0.2) is 0 Å². The second-order valence-corrected chi connectivity index (χ2v) is 10.1. The molecule has 5 rings (SSSR count). The van der Waals surface area contributed by atoms with E-state index in [9.17, 15) is 0 Å². The average Bonchev–Trinajstić information content (AvgIpc) is 3.24. The number of rotatable bonds is 3. The van der Waals surface area contributed by atoms with Crippen LogP contribution in [0.15, 0.2) is 72.9 Å². The minimum atomic E-state index is -2.44. The van der Waals surface area contributed by atoms with Gasteiger partial charge in [-0.25, -0.2) is 4.57 Å². The molecule has 1 aromatic heterocycles. The number of nitrogens with zero attached hydrogens (tertiary/aromatic N) is 1. The highest BCUT2D eigenvalue weighted by Gasteiger charge is 2.28. The predicted molar refractivity (Wildman–Crippen MR) is 139 cm³/mol. The molecular weight excluding hydrogens is 398 g/mol. The van der Waals surface area contributed by atoms with Gasteiger partial charge in [0.1, 0.15) is 7.05 Å². The highest BCUT2D eigenvalue weighted by Crippen LogP contribution is 2.47. The van der Waals surface area contributed by atoms with E-state index in [4.69, 9.17) is 6.85 Å². The molecule has 1 aliphatic carbocycles. The lowest BCUT2D eigenvalue weighted by Crippen LogP contribution is -2.32. The first-order chi connectivity index (χ1) is 17.7. The van der Waals surface area contributed by atoms with Crippen LogP contribution in [0.2, 0.25) is 0 Å². The maximum absolute atomic E-state index is 9.02. The van der Waals surface area contributed by atoms with Gasteiger partial charge in [0.25, 0.3) is 0 Å². The molecule has 4 aromatic rings. The molecular formula is C32H34N+. The summed E-state index contributed by atoms with van der Waals surface area (Å²) in [6, 6.07) is 22.9. The smallest absolute Gasteiger partial charge is 0.201 e. The van der Waals surface area contributed by atoms with E-state index < -0.39 is 18.6 Å². The van der Waals surface area contributed by atoms with Gasteiger partial charge >= 0.3 is 0 Å². The molecule has 0 amide bonds. The molecule has 33 heavy (non-hydrogen) atoms. The zero-order valence-electron chi connectivity index (χ0n) is 25.1. The zero-order chi connectivity index (χ0) is 27.6. The lowest BCUT2D eigenvalue weighted by molar-refractivity contribution is -0.660. The molecule has 3 aromatic carbocycles. The molecule has 1 aliphatic rings. The third-order valence-corrected chi connectivity index (χ3v) is 6.51. The van der Waals surface area contributed by atoms with Gasteiger partial charge in [0, 0.05) is 24.0 Å². The van der Waals surface area contributed by atoms with Crippen LogP contribution in [0.4, 0.5) is 0 Å². The van der Waals surface area contributed by atoms with Gasteiger partial charge in [-0.3, -0.25) is 0 Å². The largest absolute Gasteiger partial charge is 0.212 e. The minimum Gasteiger partial charge on any atom is -0.201 e. The first-order valence-corrected chi connectivity index (χ1v) is 11.6. The third-order valence-electron chi connectivity index (χ3n) is 6.51. The second kappa shape index (κ2) is 7.99. The van der Waals surface area contributed by atoms with Crippen molar-refractivity contribution in [2.75, 3.05) is 0 Å². The Balaban J connectivity index is 1.84. The molecule has 0 fully saturated rings. The molecule has 0 aliphatic heterocycles. The summed E-state index contributed by atoms with van der Waals surface area (Å²) in [6.45, 7) is 5.13. The summed E-state index contributed by atoms with van der Waals surface area (Å²) in [5.74, 6) is 0. The molecule has 0 saturated heterocycles. The minimum absolute atomic E-state index is 0.0539. The van der Waals surface area contributed by atoms with Crippen molar-refractivity contribution in [1.29, 1.82) is 0 Å². The molecule has 0 spiro atoms. The predicted octanol–water partition coefficient (Wildman–Crippen LogP) is 7.62. The van der Waals surface area contributed by atoms with Crippen LogP contribution < -0.4 is 4.57 Å². The highest BCUT2D eigenvalue weighted by molar-refractivity contribution is 5.94. The standard InChI is InChI=1S/C32H34N/c1-21-20-33(6)30(17-25(21)19-32(3,4)5)27-18-29(23-12-8-7-9-13-23)31-26-15-11-10-14-24(26)16-28(31)22(27)2/h7-15,17-18,20H,16,19H2,1-6H3/q+1/i1D3,19D2. The SMILES string of the molecule is [2H]C([2H])([2H])c1c[n+](C)c(-c2cc(-c3ccccc3)c3c(c2C)Cc2ccccc2-3)cc1C([2H])([2H])C(C)(C)C. The van der Waals surface area contributed by atoms with E-state index in [0.717, 1.165) is 34.4 Å². The Labute approximate surface area is 205 Å². The van der Waals surface area contributed by atoms with Crippen LogP contribution in [0, 0.1) is 19.2 Å². The van der Waals surface area contributed by atoms with Gasteiger partial charge in [-0.15, -0.1) is 0 Å². The van der Waals surface area contributed by atoms with Gasteiger partial charge < -0.3 is 0 Å². The van der Waals surface area contributed by atoms with Crippen molar-refractivity contribution < 1.29 is 11.4 Å². The van der Waals surface area contributed by atoms with Crippen molar-refractivity contribution in [3.63, 3.8) is 0 Å². The Morgan fingerprint density at radius 3 is 2.39 bits per heavy atom. The summed E-state index contributed by atoms with van der Waals surface area (Å²) in [5, 5.41) is 0. The van der Waals surface area contributed by atoms with Crippen molar-refractivity contribution in [3.8, 4) is 33.5 Å². The first-order valence-electron chi connectivity index (χ1n) is 14.1. The summed E-state index contributed by atoms with van der Waals surface area (Å²) in [4.78, 5) is 0. The van der Waals surface area contributed by atoms with Gasteiger partial charge in [0.05, 0.1) is 0 Å². The summed E-state index contributed by atoms with van der Waals surface area (Å²) < 4.78 is 44.4. The van der Waals surface area contributed by atoms with Crippen LogP contribution in [-0.2, 0) is 19.8 Å². The van der Waals surface area contributed by atoms with Crippen molar-refractivity contribution >= 4 is 0 Å². The number of fused-ring (bicyclic) bond motifs is 3. The van der Waals surface area contributed by atoms with Gasteiger partial charge in [-0.1, -0.05) is 75.4 Å². The van der Waals surface area contributed by atoms with Gasteiger partial charge in [0.2, 0.25) is 5.69 Å². The Morgan fingerprint density at radius 2 is 1.67 bits per heavy atom. The van der Waals surface area contributed by atoms with E-state index in [-0.39, 0.29) is 11.1 Å². The second-order valence-electron chi connectivity index (χ2n) is 10.1. The van der Waals surface area contributed by atoms with Crippen LogP contribution in [0.3, 0.4) is 0 Å². The fourth-order valence-corrected chi connectivity index (χ4v) is 5.01. The molecule has 1 nitrogen and oxygen atoms in total. The van der Waals surface area contributed by atoms with E-state index in [1.165, 1.54) is 22.3 Å². The Morgan fingerprint density at radius 1 is 0.939 bits per heavy atom. The Kier molecular flexibility index (Phi) is 3.98. The molecule has 1 heterocycles. The van der Waals surface area contributed by atoms with E-state index in [0.29, 0.717) is 0 Å². The topological polar surface area (TPSA) is 3.88 Å². The van der Waals surface area contributed by atoms with Gasteiger partial charge in [-0.2, -0.15) is 0 Å². The number of pyridine rings is 1. The summed E-state index contributed by atoms with van der Waals surface area (Å²) >= 11 is 0. The lowest BCUT2D eigenvalue weighted by Gasteiger charge is -2.20. The van der Waals surface area contributed by atoms with E-state index in [2.05, 4.69) is 49.4 Å². The van der Waals surface area contributed by atoms with Gasteiger partial charge in [0.15, 0.2) is 6.20 Å². The summed E-state index contributed by atoms with van der Waals surface area (Å²) in [6.07, 6.45) is 0.575. The Hall–Kier alpha value is -3.19. The molecule has 166 valence electrons. The van der Waals surface area contributed by atoms with Crippen LogP contribution in [0.1, 0.15) is 55.4 Å². The quantitative estimate of drug-likeness (QED) is 0.256. The maximum Gasteiger partial charge on any atom is 0.212 e. The molecule has 0 saturated carbocycles. The number of benzene rings is 3. The number of hydrogen-bond acceptors (Lipinski definition) is 0. The number of hydrogen-bond donors (Lipinski definition) is 0. The fourth-order valence-electron chi connectivity index (χ4n) is 5.01.